The average molecular weight is 394 g/mol. The third kappa shape index (κ3) is 3.99. The second-order valence-corrected chi connectivity index (χ2v) is 7.78. The molecule has 0 spiro atoms. The van der Waals surface area contributed by atoms with E-state index in [0.717, 1.165) is 16.6 Å². The van der Waals surface area contributed by atoms with Crippen LogP contribution in [0, 0.1) is 11.2 Å². The van der Waals surface area contributed by atoms with Crippen LogP contribution in [0.2, 0.25) is 0 Å². The van der Waals surface area contributed by atoms with Crippen molar-refractivity contribution in [3.63, 3.8) is 0 Å². The Morgan fingerprint density at radius 1 is 1.17 bits per heavy atom. The van der Waals surface area contributed by atoms with Gasteiger partial charge >= 0.3 is 5.97 Å². The molecular formula is C23H23FN2O3. The molecule has 0 radical (unpaired) electrons. The predicted octanol–water partition coefficient (Wildman–Crippen LogP) is 3.25. The van der Waals surface area contributed by atoms with Gasteiger partial charge in [-0.15, -0.1) is 0 Å². The van der Waals surface area contributed by atoms with Crippen molar-refractivity contribution < 1.29 is 19.4 Å². The SMILES string of the molecule is O=C(O)[C@]1(Cc2cccc(F)c2)CN(Cc2ccc3ccccc3n2)CC[C@H]1O. The number of aliphatic carboxylic acids is 1. The minimum atomic E-state index is -1.39. The number of carbonyl (C=O) groups is 1. The number of carboxylic acid groups (broad SMARTS) is 1. The van der Waals surface area contributed by atoms with Crippen LogP contribution in [0.3, 0.4) is 0 Å². The van der Waals surface area contributed by atoms with Crippen molar-refractivity contribution in [2.24, 2.45) is 5.41 Å². The highest BCUT2D eigenvalue weighted by molar-refractivity contribution is 5.78. The molecule has 6 heteroatoms. The van der Waals surface area contributed by atoms with Gasteiger partial charge in [-0.3, -0.25) is 14.7 Å². The first-order valence-electron chi connectivity index (χ1n) is 9.69. The quantitative estimate of drug-likeness (QED) is 0.695. The zero-order chi connectivity index (χ0) is 20.4. The maximum atomic E-state index is 13.6. The van der Waals surface area contributed by atoms with Gasteiger partial charge < -0.3 is 10.2 Å². The second kappa shape index (κ2) is 7.89. The summed E-state index contributed by atoms with van der Waals surface area (Å²) in [5.74, 6) is -1.48. The number of piperidine rings is 1. The standard InChI is InChI=1S/C23H23FN2O3/c24-18-6-3-4-16(12-18)13-23(22(28)29)15-26(11-10-21(23)27)14-19-9-8-17-5-1-2-7-20(17)25-19/h1-9,12,21,27H,10-11,13-15H2,(H,28,29)/t21-,23-/m1/s1. The van der Waals surface area contributed by atoms with Crippen LogP contribution in [0.25, 0.3) is 10.9 Å². The van der Waals surface area contributed by atoms with Gasteiger partial charge in [-0.25, -0.2) is 4.39 Å². The number of benzene rings is 2. The van der Waals surface area contributed by atoms with Gasteiger partial charge in [-0.2, -0.15) is 0 Å². The molecule has 29 heavy (non-hydrogen) atoms. The number of para-hydroxylation sites is 1. The van der Waals surface area contributed by atoms with Crippen LogP contribution >= 0.6 is 0 Å². The Hall–Kier alpha value is -2.83. The molecule has 1 aromatic heterocycles. The Morgan fingerprint density at radius 3 is 2.79 bits per heavy atom. The van der Waals surface area contributed by atoms with Gasteiger partial charge in [-0.1, -0.05) is 36.4 Å². The molecule has 150 valence electrons. The summed E-state index contributed by atoms with van der Waals surface area (Å²) in [7, 11) is 0. The number of nitrogens with zero attached hydrogens (tertiary/aromatic N) is 2. The number of halogens is 1. The highest BCUT2D eigenvalue weighted by Crippen LogP contribution is 2.35. The second-order valence-electron chi connectivity index (χ2n) is 7.78. The molecule has 2 atom stereocenters. The van der Waals surface area contributed by atoms with E-state index in [0.29, 0.717) is 25.1 Å². The van der Waals surface area contributed by atoms with Crippen LogP contribution < -0.4 is 0 Å². The molecule has 2 heterocycles. The molecule has 4 rings (SSSR count). The number of fused-ring (bicyclic) bond motifs is 1. The van der Waals surface area contributed by atoms with Crippen LogP contribution in [0.5, 0.6) is 0 Å². The van der Waals surface area contributed by atoms with Crippen LogP contribution in [-0.4, -0.2) is 45.3 Å². The summed E-state index contributed by atoms with van der Waals surface area (Å²) < 4.78 is 13.6. The lowest BCUT2D eigenvalue weighted by molar-refractivity contribution is -0.163. The largest absolute Gasteiger partial charge is 0.481 e. The molecule has 1 saturated heterocycles. The van der Waals surface area contributed by atoms with Crippen LogP contribution in [0.4, 0.5) is 4.39 Å². The van der Waals surface area contributed by atoms with E-state index in [1.807, 2.05) is 41.3 Å². The normalized spacial score (nSPS) is 22.6. The predicted molar refractivity (Wildman–Crippen MR) is 108 cm³/mol. The highest BCUT2D eigenvalue weighted by atomic mass is 19.1. The summed E-state index contributed by atoms with van der Waals surface area (Å²) in [6, 6.07) is 17.7. The maximum absolute atomic E-state index is 13.6. The molecule has 0 unspecified atom stereocenters. The van der Waals surface area contributed by atoms with Crippen LogP contribution in [0.15, 0.2) is 60.7 Å². The van der Waals surface area contributed by atoms with Crippen molar-refractivity contribution in [3.05, 3.63) is 77.7 Å². The number of hydrogen-bond acceptors (Lipinski definition) is 4. The lowest BCUT2D eigenvalue weighted by Crippen LogP contribution is -2.56. The summed E-state index contributed by atoms with van der Waals surface area (Å²) in [6.07, 6.45) is -0.581. The summed E-state index contributed by atoms with van der Waals surface area (Å²) >= 11 is 0. The Bertz CT molecular complexity index is 1040. The van der Waals surface area contributed by atoms with Crippen LogP contribution in [0.1, 0.15) is 17.7 Å². The number of carboxylic acids is 1. The van der Waals surface area contributed by atoms with Gasteiger partial charge in [0.15, 0.2) is 0 Å². The Balaban J connectivity index is 1.58. The first-order valence-corrected chi connectivity index (χ1v) is 9.69. The summed E-state index contributed by atoms with van der Waals surface area (Å²) in [5, 5.41) is 21.7. The van der Waals surface area contributed by atoms with E-state index in [9.17, 15) is 19.4 Å². The third-order valence-corrected chi connectivity index (χ3v) is 5.74. The number of likely N-dealkylation sites (tertiary alicyclic amines) is 1. The topological polar surface area (TPSA) is 73.7 Å². The molecule has 1 fully saturated rings. The lowest BCUT2D eigenvalue weighted by atomic mass is 9.73. The molecule has 0 bridgehead atoms. The van der Waals surface area contributed by atoms with E-state index >= 15 is 0 Å². The molecule has 0 aliphatic carbocycles. The average Bonchev–Trinajstić information content (AvgIpc) is 2.70. The van der Waals surface area contributed by atoms with Crippen molar-refractivity contribution >= 4 is 16.9 Å². The van der Waals surface area contributed by atoms with Crippen molar-refractivity contribution in [3.8, 4) is 0 Å². The number of rotatable bonds is 5. The first-order chi connectivity index (χ1) is 14.0. The molecule has 1 aliphatic heterocycles. The fraction of sp³-hybridized carbons (Fsp3) is 0.304. The van der Waals surface area contributed by atoms with E-state index in [1.165, 1.54) is 12.1 Å². The van der Waals surface area contributed by atoms with Gasteiger partial charge in [0.05, 0.1) is 17.3 Å². The van der Waals surface area contributed by atoms with E-state index in [2.05, 4.69) is 4.98 Å². The molecule has 0 saturated carbocycles. The number of aliphatic hydroxyl groups excluding tert-OH is 1. The zero-order valence-corrected chi connectivity index (χ0v) is 16.0. The van der Waals surface area contributed by atoms with E-state index in [-0.39, 0.29) is 13.0 Å². The zero-order valence-electron chi connectivity index (χ0n) is 16.0. The van der Waals surface area contributed by atoms with Crippen LogP contribution in [-0.2, 0) is 17.8 Å². The summed E-state index contributed by atoms with van der Waals surface area (Å²) in [4.78, 5) is 18.9. The number of aliphatic hydroxyl groups is 1. The molecule has 1 aliphatic rings. The first kappa shape index (κ1) is 19.5. The summed E-state index contributed by atoms with van der Waals surface area (Å²) in [5.41, 5.74) is 0.927. The molecule has 2 N–H and O–H groups in total. The Labute approximate surface area is 168 Å². The fourth-order valence-electron chi connectivity index (χ4n) is 4.20. The van der Waals surface area contributed by atoms with E-state index < -0.39 is 23.3 Å². The Morgan fingerprint density at radius 2 is 2.00 bits per heavy atom. The minimum Gasteiger partial charge on any atom is -0.481 e. The summed E-state index contributed by atoms with van der Waals surface area (Å²) in [6.45, 7) is 1.25. The van der Waals surface area contributed by atoms with Gasteiger partial charge in [0, 0.05) is 25.0 Å². The maximum Gasteiger partial charge on any atom is 0.313 e. The number of hydrogen-bond donors (Lipinski definition) is 2. The van der Waals surface area contributed by atoms with Crippen molar-refractivity contribution in [2.75, 3.05) is 13.1 Å². The van der Waals surface area contributed by atoms with Crippen molar-refractivity contribution in [1.82, 2.24) is 9.88 Å². The molecule has 2 aromatic carbocycles. The van der Waals surface area contributed by atoms with Gasteiger partial charge in [-0.05, 0) is 42.7 Å². The Kier molecular flexibility index (Phi) is 5.30. The molecule has 5 nitrogen and oxygen atoms in total. The molecule has 3 aromatic rings. The highest BCUT2D eigenvalue weighted by Gasteiger charge is 2.49. The number of aromatic nitrogens is 1. The van der Waals surface area contributed by atoms with Gasteiger partial charge in [0.1, 0.15) is 11.2 Å². The smallest absolute Gasteiger partial charge is 0.313 e. The minimum absolute atomic E-state index is 0.0723. The third-order valence-electron chi connectivity index (χ3n) is 5.74. The van der Waals surface area contributed by atoms with Gasteiger partial charge in [0.2, 0.25) is 0 Å². The molecular weight excluding hydrogens is 371 g/mol. The van der Waals surface area contributed by atoms with Crippen molar-refractivity contribution in [2.45, 2.75) is 25.5 Å². The molecule has 0 amide bonds. The van der Waals surface area contributed by atoms with E-state index in [1.54, 1.807) is 12.1 Å². The van der Waals surface area contributed by atoms with Crippen molar-refractivity contribution in [1.29, 1.82) is 0 Å². The van der Waals surface area contributed by atoms with E-state index in [4.69, 9.17) is 0 Å². The lowest BCUT2D eigenvalue weighted by Gasteiger charge is -2.43. The number of pyridine rings is 1. The fourth-order valence-corrected chi connectivity index (χ4v) is 4.20. The monoisotopic (exact) mass is 394 g/mol. The van der Waals surface area contributed by atoms with Gasteiger partial charge in [0.25, 0.3) is 0 Å².